The van der Waals surface area contributed by atoms with Crippen LogP contribution in [0.4, 0.5) is 5.69 Å². The first kappa shape index (κ1) is 25.4. The Morgan fingerprint density at radius 1 is 1.09 bits per heavy atom. The SMILES string of the molecule is CCN(CC)S(=O)(=O)c1ccc(=O)n(CC(=O)Nc2ccc3oc(=O)n(CCN(C)C)c3c2)c1. The van der Waals surface area contributed by atoms with Crippen molar-refractivity contribution in [3.8, 4) is 0 Å². The smallest absolute Gasteiger partial charge is 0.408 e. The van der Waals surface area contributed by atoms with Crippen LogP contribution in [0.3, 0.4) is 0 Å². The number of carbonyl (C=O) groups excluding carboxylic acids is 1. The molecule has 0 aliphatic rings. The van der Waals surface area contributed by atoms with E-state index in [0.29, 0.717) is 29.9 Å². The van der Waals surface area contributed by atoms with Crippen molar-refractivity contribution in [1.29, 1.82) is 0 Å². The van der Waals surface area contributed by atoms with E-state index in [2.05, 4.69) is 5.32 Å². The topological polar surface area (TPSA) is 127 Å². The van der Waals surface area contributed by atoms with Gasteiger partial charge in [-0.25, -0.2) is 13.2 Å². The Labute approximate surface area is 197 Å². The molecule has 0 fully saturated rings. The van der Waals surface area contributed by atoms with Crippen molar-refractivity contribution in [2.24, 2.45) is 0 Å². The van der Waals surface area contributed by atoms with Gasteiger partial charge in [-0.1, -0.05) is 13.8 Å². The van der Waals surface area contributed by atoms with Crippen LogP contribution in [-0.4, -0.2) is 66.4 Å². The van der Waals surface area contributed by atoms with E-state index >= 15 is 0 Å². The average molecular weight is 492 g/mol. The van der Waals surface area contributed by atoms with E-state index in [9.17, 15) is 22.8 Å². The molecule has 2 aromatic heterocycles. The molecule has 0 bridgehead atoms. The lowest BCUT2D eigenvalue weighted by Gasteiger charge is -2.19. The number of sulfonamides is 1. The van der Waals surface area contributed by atoms with Gasteiger partial charge in [-0.3, -0.25) is 14.2 Å². The van der Waals surface area contributed by atoms with E-state index in [1.807, 2.05) is 19.0 Å². The monoisotopic (exact) mass is 491 g/mol. The maximum Gasteiger partial charge on any atom is 0.419 e. The van der Waals surface area contributed by atoms with Crippen LogP contribution in [-0.2, 0) is 27.9 Å². The third-order valence-electron chi connectivity index (χ3n) is 5.34. The van der Waals surface area contributed by atoms with Gasteiger partial charge < -0.3 is 19.2 Å². The number of hydrogen-bond acceptors (Lipinski definition) is 7. The van der Waals surface area contributed by atoms with Crippen LogP contribution in [0, 0.1) is 0 Å². The zero-order chi connectivity index (χ0) is 25.0. The summed E-state index contributed by atoms with van der Waals surface area (Å²) in [4.78, 5) is 39.0. The molecule has 0 saturated carbocycles. The number of rotatable bonds is 10. The molecule has 1 aromatic carbocycles. The van der Waals surface area contributed by atoms with Gasteiger partial charge in [0.1, 0.15) is 6.54 Å². The van der Waals surface area contributed by atoms with Gasteiger partial charge in [-0.2, -0.15) is 4.31 Å². The summed E-state index contributed by atoms with van der Waals surface area (Å²) in [5, 5.41) is 2.69. The second kappa shape index (κ2) is 10.4. The molecule has 0 radical (unpaired) electrons. The number of benzene rings is 1. The van der Waals surface area contributed by atoms with Gasteiger partial charge in [-0.05, 0) is 38.4 Å². The van der Waals surface area contributed by atoms with Gasteiger partial charge in [0, 0.05) is 44.1 Å². The Bertz CT molecular complexity index is 1400. The Kier molecular flexibility index (Phi) is 7.75. The number of nitrogens with one attached hydrogen (secondary N) is 1. The summed E-state index contributed by atoms with van der Waals surface area (Å²) in [7, 11) is 0.00615. The van der Waals surface area contributed by atoms with Crippen molar-refractivity contribution < 1.29 is 17.6 Å². The van der Waals surface area contributed by atoms with Gasteiger partial charge in [0.2, 0.25) is 15.9 Å². The van der Waals surface area contributed by atoms with Gasteiger partial charge in [-0.15, -0.1) is 0 Å². The van der Waals surface area contributed by atoms with E-state index in [1.165, 1.54) is 21.1 Å². The van der Waals surface area contributed by atoms with Crippen LogP contribution in [0.2, 0.25) is 0 Å². The van der Waals surface area contributed by atoms with E-state index in [-0.39, 0.29) is 24.5 Å². The summed E-state index contributed by atoms with van der Waals surface area (Å²) in [6, 6.07) is 7.16. The van der Waals surface area contributed by atoms with Crippen LogP contribution in [0.15, 0.2) is 55.4 Å². The molecule has 3 aromatic rings. The van der Waals surface area contributed by atoms with Crippen molar-refractivity contribution in [2.75, 3.05) is 39.0 Å². The molecule has 3 rings (SSSR count). The predicted molar refractivity (Wildman–Crippen MR) is 128 cm³/mol. The number of hydrogen-bond donors (Lipinski definition) is 1. The molecule has 0 atom stereocenters. The maximum absolute atomic E-state index is 12.8. The second-order valence-electron chi connectivity index (χ2n) is 7.97. The van der Waals surface area contributed by atoms with Crippen LogP contribution >= 0.6 is 0 Å². The Morgan fingerprint density at radius 2 is 1.79 bits per heavy atom. The molecule has 12 heteroatoms. The van der Waals surface area contributed by atoms with Crippen molar-refractivity contribution in [3.63, 3.8) is 0 Å². The molecule has 1 N–H and O–H groups in total. The molecular weight excluding hydrogens is 462 g/mol. The molecule has 0 unspecified atom stereocenters. The first-order valence-corrected chi connectivity index (χ1v) is 12.3. The summed E-state index contributed by atoms with van der Waals surface area (Å²) in [6.07, 6.45) is 1.17. The quantitative estimate of drug-likeness (QED) is 0.448. The third-order valence-corrected chi connectivity index (χ3v) is 7.37. The minimum atomic E-state index is -3.78. The van der Waals surface area contributed by atoms with E-state index in [0.717, 1.165) is 10.6 Å². The van der Waals surface area contributed by atoms with E-state index < -0.39 is 27.2 Å². The summed E-state index contributed by atoms with van der Waals surface area (Å²) in [5.74, 6) is -1.01. The third kappa shape index (κ3) is 5.46. The number of pyridine rings is 1. The minimum Gasteiger partial charge on any atom is -0.408 e. The zero-order valence-electron chi connectivity index (χ0n) is 19.6. The fraction of sp³-hybridized carbons (Fsp3) is 0.409. The lowest BCUT2D eigenvalue weighted by molar-refractivity contribution is -0.116. The molecule has 2 heterocycles. The van der Waals surface area contributed by atoms with Gasteiger partial charge in [0.25, 0.3) is 5.56 Å². The standard InChI is InChI=1S/C22H29N5O6S/c1-5-26(6-2)34(31,32)17-8-10-21(29)25(14-17)15-20(28)23-16-7-9-19-18(13-16)27(22(30)33-19)12-11-24(3)4/h7-10,13-14H,5-6,11-12,15H2,1-4H3,(H,23,28). The number of likely N-dealkylation sites (N-methyl/N-ethyl adjacent to an activating group) is 1. The summed E-state index contributed by atoms with van der Waals surface area (Å²) >= 11 is 0. The maximum atomic E-state index is 12.8. The van der Waals surface area contributed by atoms with Crippen molar-refractivity contribution >= 4 is 32.7 Å². The Morgan fingerprint density at radius 3 is 2.44 bits per heavy atom. The number of carbonyl (C=O) groups is 1. The average Bonchev–Trinajstić information content (AvgIpc) is 3.08. The molecule has 34 heavy (non-hydrogen) atoms. The minimum absolute atomic E-state index is 0.0617. The van der Waals surface area contributed by atoms with Crippen LogP contribution in [0.1, 0.15) is 13.8 Å². The number of fused-ring (bicyclic) bond motifs is 1. The fourth-order valence-corrected chi connectivity index (χ4v) is 4.98. The van der Waals surface area contributed by atoms with Crippen LogP contribution in [0.25, 0.3) is 11.1 Å². The van der Waals surface area contributed by atoms with Gasteiger partial charge in [0.05, 0.1) is 10.4 Å². The molecule has 184 valence electrons. The molecule has 0 aliphatic carbocycles. The first-order chi connectivity index (χ1) is 16.1. The predicted octanol–water partition coefficient (Wildman–Crippen LogP) is 0.987. The van der Waals surface area contributed by atoms with E-state index in [1.54, 1.807) is 32.0 Å². The van der Waals surface area contributed by atoms with Crippen LogP contribution < -0.4 is 16.6 Å². The normalized spacial score (nSPS) is 12.1. The number of anilines is 1. The summed E-state index contributed by atoms with van der Waals surface area (Å²) in [5.41, 5.74) is 0.842. The molecule has 0 aliphatic heterocycles. The highest BCUT2D eigenvalue weighted by molar-refractivity contribution is 7.89. The summed E-state index contributed by atoms with van der Waals surface area (Å²) in [6.45, 7) is 4.68. The highest BCUT2D eigenvalue weighted by Crippen LogP contribution is 2.19. The van der Waals surface area contributed by atoms with Gasteiger partial charge in [0.15, 0.2) is 5.58 Å². The lowest BCUT2D eigenvalue weighted by atomic mass is 10.2. The first-order valence-electron chi connectivity index (χ1n) is 10.9. The highest BCUT2D eigenvalue weighted by atomic mass is 32.2. The number of nitrogens with zero attached hydrogens (tertiary/aromatic N) is 4. The van der Waals surface area contributed by atoms with Crippen molar-refractivity contribution in [3.05, 3.63) is 57.4 Å². The van der Waals surface area contributed by atoms with Crippen molar-refractivity contribution in [2.45, 2.75) is 31.8 Å². The largest absolute Gasteiger partial charge is 0.419 e. The van der Waals surface area contributed by atoms with E-state index in [4.69, 9.17) is 4.42 Å². The molecule has 11 nitrogen and oxygen atoms in total. The highest BCUT2D eigenvalue weighted by Gasteiger charge is 2.22. The molecule has 0 spiro atoms. The Balaban J connectivity index is 1.83. The van der Waals surface area contributed by atoms with Crippen LogP contribution in [0.5, 0.6) is 0 Å². The molecular formula is C22H29N5O6S. The number of amides is 1. The number of oxazole rings is 1. The van der Waals surface area contributed by atoms with Gasteiger partial charge >= 0.3 is 5.76 Å². The fourth-order valence-electron chi connectivity index (χ4n) is 3.51. The zero-order valence-corrected chi connectivity index (χ0v) is 20.5. The Hall–Kier alpha value is -3.22. The number of aromatic nitrogens is 2. The molecule has 1 amide bonds. The summed E-state index contributed by atoms with van der Waals surface area (Å²) < 4.78 is 34.6. The lowest BCUT2D eigenvalue weighted by Crippen LogP contribution is -2.33. The second-order valence-corrected chi connectivity index (χ2v) is 9.91. The molecule has 0 saturated heterocycles. The van der Waals surface area contributed by atoms with Crippen molar-refractivity contribution in [1.82, 2.24) is 18.3 Å².